The van der Waals surface area contributed by atoms with E-state index in [1.54, 1.807) is 28.8 Å². The number of rotatable bonds is 5. The number of non-ortho nitro benzene ring substituents is 1. The van der Waals surface area contributed by atoms with E-state index < -0.39 is 4.92 Å². The summed E-state index contributed by atoms with van der Waals surface area (Å²) in [4.78, 5) is 24.4. The molecule has 0 N–H and O–H groups in total. The van der Waals surface area contributed by atoms with Gasteiger partial charge in [-0.05, 0) is 30.8 Å². The summed E-state index contributed by atoms with van der Waals surface area (Å²) in [5.74, 6) is 0.324. The van der Waals surface area contributed by atoms with E-state index in [0.29, 0.717) is 52.6 Å². The quantitative estimate of drug-likeness (QED) is 0.289. The van der Waals surface area contributed by atoms with Gasteiger partial charge in [-0.3, -0.25) is 24.4 Å². The molecule has 1 amide bonds. The molecule has 134 valence electrons. The lowest BCUT2D eigenvalue weighted by Gasteiger charge is -2.14. The molecule has 0 aliphatic carbocycles. The Balaban J connectivity index is 1.68. The second-order valence-corrected chi connectivity index (χ2v) is 6.40. The number of benzene rings is 1. The van der Waals surface area contributed by atoms with Crippen molar-refractivity contribution in [3.8, 4) is 17.4 Å². The topological polar surface area (TPSA) is 105 Å². The van der Waals surface area contributed by atoms with Crippen molar-refractivity contribution in [2.45, 2.75) is 12.8 Å². The van der Waals surface area contributed by atoms with Crippen LogP contribution < -0.4 is 0 Å². The Morgan fingerprint density at radius 3 is 2.67 bits per heavy atom. The van der Waals surface area contributed by atoms with Gasteiger partial charge in [-0.15, -0.1) is 0 Å². The second-order valence-electron chi connectivity index (χ2n) is 6.03. The molecule has 0 fully saturated rings. The number of amides is 1. The summed E-state index contributed by atoms with van der Waals surface area (Å²) in [6.07, 6.45) is 0.905. The van der Waals surface area contributed by atoms with E-state index in [0.717, 1.165) is 0 Å². The molecule has 1 aliphatic heterocycles. The Morgan fingerprint density at radius 2 is 2.00 bits per heavy atom. The summed E-state index contributed by atoms with van der Waals surface area (Å²) in [6.45, 7) is 0.390. The third kappa shape index (κ3) is 2.67. The van der Waals surface area contributed by atoms with E-state index in [2.05, 4.69) is 6.07 Å². The molecule has 8 nitrogen and oxygen atoms in total. The SMILES string of the molecule is N#CCCCN1C(=O)c2cc3oc(-c4ccc([N+](=O)[O-])cc4)cc3n2C1=S. The second kappa shape index (κ2) is 6.34. The van der Waals surface area contributed by atoms with Crippen molar-refractivity contribution in [3.05, 3.63) is 52.2 Å². The molecule has 4 rings (SSSR count). The lowest BCUT2D eigenvalue weighted by molar-refractivity contribution is -0.384. The van der Waals surface area contributed by atoms with E-state index >= 15 is 0 Å². The highest BCUT2D eigenvalue weighted by Gasteiger charge is 2.35. The van der Waals surface area contributed by atoms with Gasteiger partial charge in [0.15, 0.2) is 10.7 Å². The molecule has 3 heterocycles. The predicted octanol–water partition coefficient (Wildman–Crippen LogP) is 3.70. The van der Waals surface area contributed by atoms with E-state index in [4.69, 9.17) is 21.9 Å². The number of unbranched alkanes of at least 4 members (excludes halogenated alkanes) is 1. The Morgan fingerprint density at radius 1 is 1.26 bits per heavy atom. The minimum atomic E-state index is -0.462. The third-order valence-electron chi connectivity index (χ3n) is 4.41. The summed E-state index contributed by atoms with van der Waals surface area (Å²) in [7, 11) is 0. The standard InChI is InChI=1S/C18H12N4O4S/c19-7-1-2-8-20-17(23)14-10-16-13(21(14)18(20)27)9-15(26-16)11-3-5-12(6-4-11)22(24)25/h3-6,9-10H,1-2,8H2. The number of nitriles is 1. The number of carbonyl (C=O) groups is 1. The smallest absolute Gasteiger partial charge is 0.277 e. The van der Waals surface area contributed by atoms with Gasteiger partial charge in [0.1, 0.15) is 11.5 Å². The maximum absolute atomic E-state index is 12.6. The summed E-state index contributed by atoms with van der Waals surface area (Å²) in [5, 5.41) is 19.8. The number of aromatic nitrogens is 1. The molecular weight excluding hydrogens is 368 g/mol. The van der Waals surface area contributed by atoms with Crippen LogP contribution in [0.15, 0.2) is 40.8 Å². The van der Waals surface area contributed by atoms with Crippen molar-refractivity contribution in [2.75, 3.05) is 6.54 Å². The summed E-state index contributed by atoms with van der Waals surface area (Å²) in [6, 6.07) is 11.5. The van der Waals surface area contributed by atoms with Gasteiger partial charge < -0.3 is 4.42 Å². The molecule has 1 aliphatic rings. The van der Waals surface area contributed by atoms with Crippen molar-refractivity contribution >= 4 is 40.0 Å². The monoisotopic (exact) mass is 380 g/mol. The van der Waals surface area contributed by atoms with E-state index in [1.807, 2.05) is 0 Å². The number of hydrogen-bond donors (Lipinski definition) is 0. The Labute approximate surface area is 158 Å². The van der Waals surface area contributed by atoms with Gasteiger partial charge in [0.25, 0.3) is 11.6 Å². The minimum Gasteiger partial charge on any atom is -0.454 e. The Kier molecular flexibility index (Phi) is 3.97. The maximum atomic E-state index is 12.6. The fraction of sp³-hybridized carbons (Fsp3) is 0.167. The zero-order valence-electron chi connectivity index (χ0n) is 13.9. The van der Waals surface area contributed by atoms with Gasteiger partial charge in [0.05, 0.1) is 16.5 Å². The van der Waals surface area contributed by atoms with Crippen LogP contribution in [-0.4, -0.2) is 32.0 Å². The Hall–Kier alpha value is -3.51. The van der Waals surface area contributed by atoms with Crippen LogP contribution in [0.4, 0.5) is 5.69 Å². The molecule has 0 bridgehead atoms. The van der Waals surface area contributed by atoms with Crippen molar-refractivity contribution in [1.82, 2.24) is 9.47 Å². The fourth-order valence-electron chi connectivity index (χ4n) is 3.10. The molecular formula is C18H12N4O4S. The lowest BCUT2D eigenvalue weighted by atomic mass is 10.1. The number of furan rings is 1. The van der Waals surface area contributed by atoms with Gasteiger partial charge in [-0.25, -0.2) is 0 Å². The van der Waals surface area contributed by atoms with Crippen molar-refractivity contribution in [1.29, 1.82) is 5.26 Å². The number of thiocarbonyl (C=S) groups is 1. The summed E-state index contributed by atoms with van der Waals surface area (Å²) < 4.78 is 7.48. The average Bonchev–Trinajstić information content (AvgIpc) is 3.28. The fourth-order valence-corrected chi connectivity index (χ4v) is 3.48. The summed E-state index contributed by atoms with van der Waals surface area (Å²) >= 11 is 5.44. The van der Waals surface area contributed by atoms with Crippen molar-refractivity contribution < 1.29 is 14.1 Å². The number of fused-ring (bicyclic) bond motifs is 3. The van der Waals surface area contributed by atoms with Gasteiger partial charge in [-0.1, -0.05) is 0 Å². The van der Waals surface area contributed by atoms with Gasteiger partial charge in [0.2, 0.25) is 0 Å². The first kappa shape index (κ1) is 16.9. The van der Waals surface area contributed by atoms with Crippen LogP contribution in [0.25, 0.3) is 22.4 Å². The minimum absolute atomic E-state index is 0.000595. The molecule has 3 aromatic rings. The summed E-state index contributed by atoms with van der Waals surface area (Å²) in [5.41, 5.74) is 2.30. The molecule has 0 spiro atoms. The number of hydrogen-bond acceptors (Lipinski definition) is 6. The number of nitro groups is 1. The molecule has 0 saturated heterocycles. The average molecular weight is 380 g/mol. The van der Waals surface area contributed by atoms with Crippen LogP contribution in [0, 0.1) is 21.4 Å². The van der Waals surface area contributed by atoms with Crippen LogP contribution in [0.3, 0.4) is 0 Å². The van der Waals surface area contributed by atoms with Crippen molar-refractivity contribution in [3.63, 3.8) is 0 Å². The van der Waals surface area contributed by atoms with Crippen LogP contribution >= 0.6 is 12.2 Å². The first-order valence-corrected chi connectivity index (χ1v) is 8.55. The van der Waals surface area contributed by atoms with Gasteiger partial charge in [-0.2, -0.15) is 5.26 Å². The van der Waals surface area contributed by atoms with Gasteiger partial charge >= 0.3 is 0 Å². The molecule has 0 unspecified atom stereocenters. The normalized spacial score (nSPS) is 13.2. The van der Waals surface area contributed by atoms with E-state index in [9.17, 15) is 14.9 Å². The van der Waals surface area contributed by atoms with Crippen molar-refractivity contribution in [2.24, 2.45) is 0 Å². The van der Waals surface area contributed by atoms with Crippen LogP contribution in [-0.2, 0) is 0 Å². The zero-order chi connectivity index (χ0) is 19.1. The van der Waals surface area contributed by atoms with Crippen LogP contribution in [0.1, 0.15) is 23.3 Å². The molecule has 1 aromatic carbocycles. The molecule has 27 heavy (non-hydrogen) atoms. The predicted molar refractivity (Wildman–Crippen MR) is 100 cm³/mol. The third-order valence-corrected chi connectivity index (χ3v) is 4.81. The zero-order valence-corrected chi connectivity index (χ0v) is 14.7. The first-order chi connectivity index (χ1) is 13.0. The largest absolute Gasteiger partial charge is 0.454 e. The molecule has 9 heteroatoms. The highest BCUT2D eigenvalue weighted by Crippen LogP contribution is 2.34. The van der Waals surface area contributed by atoms with Gasteiger partial charge in [0, 0.05) is 42.8 Å². The molecule has 0 radical (unpaired) electrons. The highest BCUT2D eigenvalue weighted by atomic mass is 32.1. The number of nitrogens with zero attached hydrogens (tertiary/aromatic N) is 4. The van der Waals surface area contributed by atoms with Crippen LogP contribution in [0.5, 0.6) is 0 Å². The van der Waals surface area contributed by atoms with Crippen LogP contribution in [0.2, 0.25) is 0 Å². The molecule has 0 atom stereocenters. The maximum Gasteiger partial charge on any atom is 0.277 e. The lowest BCUT2D eigenvalue weighted by Crippen LogP contribution is -2.31. The number of carbonyl (C=O) groups excluding carboxylic acids is 1. The highest BCUT2D eigenvalue weighted by molar-refractivity contribution is 7.80. The van der Waals surface area contributed by atoms with E-state index in [1.165, 1.54) is 17.0 Å². The molecule has 0 saturated carbocycles. The van der Waals surface area contributed by atoms with E-state index in [-0.39, 0.29) is 11.6 Å². The Bertz CT molecular complexity index is 1140. The first-order valence-electron chi connectivity index (χ1n) is 8.14. The number of nitro benzene ring substituents is 1. The molecule has 2 aromatic heterocycles.